The summed E-state index contributed by atoms with van der Waals surface area (Å²) in [5.41, 5.74) is 1.64. The molecule has 3 aliphatic heterocycles. The first-order valence-electron chi connectivity index (χ1n) is 11.4. The Morgan fingerprint density at radius 1 is 0.879 bits per heavy atom. The first-order chi connectivity index (χ1) is 16.1. The average Bonchev–Trinajstić information content (AvgIpc) is 3.27. The largest absolute Gasteiger partial charge is 0.485 e. The third kappa shape index (κ3) is 4.51. The van der Waals surface area contributed by atoms with Crippen LogP contribution in [0.4, 0.5) is 0 Å². The molecule has 2 saturated heterocycles. The summed E-state index contributed by atoms with van der Waals surface area (Å²) in [4.78, 5) is 43.0. The zero-order chi connectivity index (χ0) is 22.8. The van der Waals surface area contributed by atoms with Crippen molar-refractivity contribution in [3.05, 3.63) is 59.7 Å². The first kappa shape index (κ1) is 21.3. The van der Waals surface area contributed by atoms with Crippen LogP contribution < -0.4 is 9.47 Å². The minimum absolute atomic E-state index is 0.0444. The highest BCUT2D eigenvalue weighted by molar-refractivity contribution is 5.94. The summed E-state index contributed by atoms with van der Waals surface area (Å²) < 4.78 is 11.5. The number of nitrogens with zero attached hydrogens (tertiary/aromatic N) is 3. The van der Waals surface area contributed by atoms with Gasteiger partial charge < -0.3 is 24.2 Å². The van der Waals surface area contributed by atoms with E-state index in [2.05, 4.69) is 0 Å². The van der Waals surface area contributed by atoms with E-state index in [0.717, 1.165) is 18.5 Å². The van der Waals surface area contributed by atoms with Gasteiger partial charge in [0.1, 0.15) is 6.61 Å². The van der Waals surface area contributed by atoms with Crippen LogP contribution in [0.2, 0.25) is 0 Å². The van der Waals surface area contributed by atoms with Crippen LogP contribution in [0.5, 0.6) is 11.5 Å². The van der Waals surface area contributed by atoms with Gasteiger partial charge in [-0.15, -0.1) is 0 Å². The summed E-state index contributed by atoms with van der Waals surface area (Å²) in [5, 5.41) is 0. The van der Waals surface area contributed by atoms with Gasteiger partial charge in [-0.25, -0.2) is 0 Å². The second kappa shape index (κ2) is 9.13. The van der Waals surface area contributed by atoms with Gasteiger partial charge in [0.2, 0.25) is 12.0 Å². The number of piperazine rings is 1. The Balaban J connectivity index is 1.13. The number of ether oxygens (including phenoxy) is 2. The zero-order valence-corrected chi connectivity index (χ0v) is 18.4. The number of carbonyl (C=O) groups excluding carboxylic acids is 3. The lowest BCUT2D eigenvalue weighted by molar-refractivity contribution is -0.142. The molecule has 3 heterocycles. The lowest BCUT2D eigenvalue weighted by Crippen LogP contribution is -2.55. The van der Waals surface area contributed by atoms with Crippen LogP contribution in [-0.2, 0) is 16.1 Å². The van der Waals surface area contributed by atoms with Gasteiger partial charge in [0, 0.05) is 51.3 Å². The molecule has 0 saturated carbocycles. The topological polar surface area (TPSA) is 79.4 Å². The summed E-state index contributed by atoms with van der Waals surface area (Å²) in [6, 6.07) is 14.8. The third-order valence-electron chi connectivity index (χ3n) is 6.41. The second-order valence-corrected chi connectivity index (χ2v) is 8.60. The standard InChI is InChI=1S/C25H27N3O5/c29-23-6-3-11-28(23)16-18-7-9-19(10-8-18)24(30)26-12-14-27(15-13-26)25(31)22-17-32-20-4-1-2-5-21(20)33-22/h1-2,4-5,7-10,22H,3,6,11-17H2/t22-/m1/s1. The van der Waals surface area contributed by atoms with Crippen LogP contribution in [0.15, 0.2) is 48.5 Å². The summed E-state index contributed by atoms with van der Waals surface area (Å²) in [6.07, 6.45) is 0.868. The summed E-state index contributed by atoms with van der Waals surface area (Å²) >= 11 is 0. The molecule has 3 amide bonds. The molecule has 8 nitrogen and oxygen atoms in total. The van der Waals surface area contributed by atoms with E-state index >= 15 is 0 Å². The van der Waals surface area contributed by atoms with E-state index in [1.54, 1.807) is 15.9 Å². The van der Waals surface area contributed by atoms with Crippen LogP contribution in [0, 0.1) is 0 Å². The lowest BCUT2D eigenvalue weighted by Gasteiger charge is -2.37. The molecule has 1 atom stereocenters. The summed E-state index contributed by atoms with van der Waals surface area (Å²) in [7, 11) is 0. The van der Waals surface area contributed by atoms with Gasteiger partial charge in [-0.2, -0.15) is 0 Å². The maximum atomic E-state index is 12.9. The van der Waals surface area contributed by atoms with Gasteiger partial charge in [-0.05, 0) is 36.2 Å². The van der Waals surface area contributed by atoms with E-state index in [1.165, 1.54) is 0 Å². The normalized spacial score (nSPS) is 20.2. The van der Waals surface area contributed by atoms with E-state index in [0.29, 0.717) is 56.2 Å². The predicted molar refractivity (Wildman–Crippen MR) is 120 cm³/mol. The molecule has 5 rings (SSSR count). The Labute approximate surface area is 192 Å². The van der Waals surface area contributed by atoms with E-state index < -0.39 is 6.10 Å². The van der Waals surface area contributed by atoms with Crippen molar-refractivity contribution in [1.29, 1.82) is 0 Å². The molecule has 2 aromatic rings. The number of hydrogen-bond donors (Lipinski definition) is 0. The molecule has 3 aliphatic rings. The van der Waals surface area contributed by atoms with E-state index in [1.807, 2.05) is 47.4 Å². The molecule has 0 unspecified atom stereocenters. The van der Waals surface area contributed by atoms with Crippen molar-refractivity contribution in [2.75, 3.05) is 39.3 Å². The molecule has 0 aliphatic carbocycles. The molecule has 172 valence electrons. The number of rotatable bonds is 4. The van der Waals surface area contributed by atoms with Crippen LogP contribution in [0.1, 0.15) is 28.8 Å². The molecular formula is C25H27N3O5. The van der Waals surface area contributed by atoms with Crippen molar-refractivity contribution >= 4 is 17.7 Å². The van der Waals surface area contributed by atoms with Crippen molar-refractivity contribution in [2.45, 2.75) is 25.5 Å². The van der Waals surface area contributed by atoms with Gasteiger partial charge >= 0.3 is 0 Å². The molecule has 0 N–H and O–H groups in total. The fourth-order valence-corrected chi connectivity index (χ4v) is 4.50. The highest BCUT2D eigenvalue weighted by atomic mass is 16.6. The molecule has 33 heavy (non-hydrogen) atoms. The Kier molecular flexibility index (Phi) is 5.90. The molecule has 2 aromatic carbocycles. The highest BCUT2D eigenvalue weighted by Gasteiger charge is 2.33. The van der Waals surface area contributed by atoms with E-state index in [4.69, 9.17) is 9.47 Å². The molecule has 0 aromatic heterocycles. The second-order valence-electron chi connectivity index (χ2n) is 8.60. The van der Waals surface area contributed by atoms with Crippen molar-refractivity contribution in [3.63, 3.8) is 0 Å². The molecule has 0 spiro atoms. The molecular weight excluding hydrogens is 422 g/mol. The molecule has 2 fully saturated rings. The maximum Gasteiger partial charge on any atom is 0.267 e. The fourth-order valence-electron chi connectivity index (χ4n) is 4.50. The molecule has 8 heteroatoms. The van der Waals surface area contributed by atoms with E-state index in [9.17, 15) is 14.4 Å². The summed E-state index contributed by atoms with van der Waals surface area (Å²) in [5.74, 6) is 1.26. The van der Waals surface area contributed by atoms with Gasteiger partial charge in [0.25, 0.3) is 11.8 Å². The lowest BCUT2D eigenvalue weighted by atomic mass is 10.1. The molecule has 0 bridgehead atoms. The van der Waals surface area contributed by atoms with Crippen LogP contribution in [-0.4, -0.2) is 77.9 Å². The SMILES string of the molecule is O=C1CCCN1Cc1ccc(C(=O)N2CCN(C(=O)[C@H]3COc4ccccc4O3)CC2)cc1. The highest BCUT2D eigenvalue weighted by Crippen LogP contribution is 2.31. The first-order valence-corrected chi connectivity index (χ1v) is 11.4. The summed E-state index contributed by atoms with van der Waals surface area (Å²) in [6.45, 7) is 3.43. The number of fused-ring (bicyclic) bond motifs is 1. The van der Waals surface area contributed by atoms with Crippen molar-refractivity contribution < 1.29 is 23.9 Å². The Bertz CT molecular complexity index is 1050. The maximum absolute atomic E-state index is 12.9. The minimum Gasteiger partial charge on any atom is -0.485 e. The van der Waals surface area contributed by atoms with Gasteiger partial charge in [-0.3, -0.25) is 14.4 Å². The molecule has 0 radical (unpaired) electrons. The Hall–Kier alpha value is -3.55. The smallest absolute Gasteiger partial charge is 0.267 e. The van der Waals surface area contributed by atoms with Crippen LogP contribution >= 0.6 is 0 Å². The average molecular weight is 450 g/mol. The van der Waals surface area contributed by atoms with Gasteiger partial charge in [-0.1, -0.05) is 24.3 Å². The quantitative estimate of drug-likeness (QED) is 0.713. The zero-order valence-electron chi connectivity index (χ0n) is 18.4. The third-order valence-corrected chi connectivity index (χ3v) is 6.41. The Morgan fingerprint density at radius 2 is 1.58 bits per heavy atom. The number of para-hydroxylation sites is 2. The van der Waals surface area contributed by atoms with Gasteiger partial charge in [0.15, 0.2) is 11.5 Å². The number of benzene rings is 2. The van der Waals surface area contributed by atoms with Gasteiger partial charge in [0.05, 0.1) is 0 Å². The van der Waals surface area contributed by atoms with Crippen molar-refractivity contribution in [1.82, 2.24) is 14.7 Å². The number of hydrogen-bond acceptors (Lipinski definition) is 5. The van der Waals surface area contributed by atoms with Crippen LogP contribution in [0.25, 0.3) is 0 Å². The monoisotopic (exact) mass is 449 g/mol. The predicted octanol–water partition coefficient (Wildman–Crippen LogP) is 1.93. The van der Waals surface area contributed by atoms with Crippen molar-refractivity contribution in [3.8, 4) is 11.5 Å². The number of carbonyl (C=O) groups is 3. The van der Waals surface area contributed by atoms with Crippen molar-refractivity contribution in [2.24, 2.45) is 0 Å². The van der Waals surface area contributed by atoms with E-state index in [-0.39, 0.29) is 24.3 Å². The Morgan fingerprint density at radius 3 is 2.27 bits per heavy atom. The number of amides is 3. The number of likely N-dealkylation sites (tertiary alicyclic amines) is 1. The minimum atomic E-state index is -0.669. The van der Waals surface area contributed by atoms with Crippen LogP contribution in [0.3, 0.4) is 0 Å². The fraction of sp³-hybridized carbons (Fsp3) is 0.400.